The predicted octanol–water partition coefficient (Wildman–Crippen LogP) is 7.99. The highest BCUT2D eigenvalue weighted by Crippen LogP contribution is 2.42. The van der Waals surface area contributed by atoms with E-state index in [4.69, 9.17) is 15.3 Å². The fraction of sp³-hybridized carbons (Fsp3) is 0.233. The number of aliphatic carboxylic acids is 1. The molecule has 0 saturated heterocycles. The number of rotatable bonds is 12. The van der Waals surface area contributed by atoms with Gasteiger partial charge in [-0.2, -0.15) is 0 Å². The summed E-state index contributed by atoms with van der Waals surface area (Å²) in [6.45, 7) is 0. The molecule has 0 aliphatic carbocycles. The molecular formula is C30H30N2O2S. The molecule has 0 aliphatic rings. The average molecular weight is 483 g/mol. The zero-order valence-electron chi connectivity index (χ0n) is 19.8. The molecule has 0 amide bonds. The summed E-state index contributed by atoms with van der Waals surface area (Å²) in [5, 5.41) is 19.2. The molecule has 178 valence electrons. The van der Waals surface area contributed by atoms with Crippen molar-refractivity contribution in [3.8, 4) is 33.5 Å². The summed E-state index contributed by atoms with van der Waals surface area (Å²) in [7, 11) is 0. The summed E-state index contributed by atoms with van der Waals surface area (Å²) in [6, 6.07) is 31.2. The first-order valence-corrected chi connectivity index (χ1v) is 13.1. The fourth-order valence-electron chi connectivity index (χ4n) is 4.16. The largest absolute Gasteiger partial charge is 0.481 e. The standard InChI is InChI=1S/C30H30N2O2S/c33-26(34)21-13-2-1-3-14-22-35-30-28(24-17-9-5-10-18-24)27(23-15-7-4-8-16-23)29(31-32-30)25-19-11-6-12-20-25/h4-12,15-20H,1-3,13-14,21-22H2,(H,33,34). The summed E-state index contributed by atoms with van der Waals surface area (Å²) in [6.07, 6.45) is 5.21. The zero-order chi connectivity index (χ0) is 24.3. The van der Waals surface area contributed by atoms with Gasteiger partial charge in [0.25, 0.3) is 0 Å². The summed E-state index contributed by atoms with van der Waals surface area (Å²) in [5.41, 5.74) is 6.42. The molecular weight excluding hydrogens is 452 g/mol. The lowest BCUT2D eigenvalue weighted by Gasteiger charge is -2.18. The molecule has 5 heteroatoms. The predicted molar refractivity (Wildman–Crippen MR) is 144 cm³/mol. The van der Waals surface area contributed by atoms with Crippen LogP contribution in [-0.2, 0) is 4.79 Å². The van der Waals surface area contributed by atoms with Crippen LogP contribution in [-0.4, -0.2) is 27.0 Å². The van der Waals surface area contributed by atoms with E-state index in [0.29, 0.717) is 0 Å². The normalized spacial score (nSPS) is 10.9. The molecule has 4 nitrogen and oxygen atoms in total. The number of carboxylic acid groups (broad SMARTS) is 1. The third-order valence-corrected chi connectivity index (χ3v) is 6.94. The Bertz CT molecular complexity index is 1220. The van der Waals surface area contributed by atoms with E-state index < -0.39 is 5.97 Å². The van der Waals surface area contributed by atoms with Gasteiger partial charge in [0, 0.05) is 23.1 Å². The molecule has 0 radical (unpaired) electrons. The highest BCUT2D eigenvalue weighted by Gasteiger charge is 2.20. The lowest BCUT2D eigenvalue weighted by atomic mass is 9.92. The maximum atomic E-state index is 10.7. The van der Waals surface area contributed by atoms with Crippen molar-refractivity contribution in [2.24, 2.45) is 0 Å². The maximum absolute atomic E-state index is 10.7. The molecule has 0 spiro atoms. The monoisotopic (exact) mass is 482 g/mol. The van der Waals surface area contributed by atoms with E-state index in [1.54, 1.807) is 11.8 Å². The number of aromatic nitrogens is 2. The number of unbranched alkanes of at least 4 members (excludes halogenated alkanes) is 4. The molecule has 0 atom stereocenters. The second-order valence-corrected chi connectivity index (χ2v) is 9.55. The smallest absolute Gasteiger partial charge is 0.303 e. The Hall–Kier alpha value is -3.44. The first-order valence-electron chi connectivity index (χ1n) is 12.2. The number of benzene rings is 3. The maximum Gasteiger partial charge on any atom is 0.303 e. The van der Waals surface area contributed by atoms with Crippen LogP contribution in [0.4, 0.5) is 0 Å². The van der Waals surface area contributed by atoms with E-state index >= 15 is 0 Å². The van der Waals surface area contributed by atoms with Gasteiger partial charge in [-0.05, 0) is 29.7 Å². The van der Waals surface area contributed by atoms with E-state index in [0.717, 1.165) is 76.4 Å². The van der Waals surface area contributed by atoms with Gasteiger partial charge in [0.15, 0.2) is 0 Å². The minimum absolute atomic E-state index is 0.265. The van der Waals surface area contributed by atoms with Crippen LogP contribution in [0.3, 0.4) is 0 Å². The van der Waals surface area contributed by atoms with Gasteiger partial charge in [0.2, 0.25) is 0 Å². The molecule has 1 aromatic heterocycles. The van der Waals surface area contributed by atoms with Crippen LogP contribution in [0.1, 0.15) is 38.5 Å². The molecule has 0 fully saturated rings. The molecule has 35 heavy (non-hydrogen) atoms. The van der Waals surface area contributed by atoms with Gasteiger partial charge >= 0.3 is 5.97 Å². The Kier molecular flexibility index (Phi) is 9.07. The lowest BCUT2D eigenvalue weighted by molar-refractivity contribution is -0.137. The third-order valence-electron chi connectivity index (χ3n) is 5.89. The van der Waals surface area contributed by atoms with Crippen LogP contribution < -0.4 is 0 Å². The minimum Gasteiger partial charge on any atom is -0.481 e. The van der Waals surface area contributed by atoms with Crippen LogP contribution >= 0.6 is 11.8 Å². The van der Waals surface area contributed by atoms with Crippen LogP contribution in [0.25, 0.3) is 33.5 Å². The van der Waals surface area contributed by atoms with Crippen molar-refractivity contribution >= 4 is 17.7 Å². The molecule has 0 aliphatic heterocycles. The molecule has 3 aromatic carbocycles. The van der Waals surface area contributed by atoms with Gasteiger partial charge in [-0.3, -0.25) is 4.79 Å². The summed E-state index contributed by atoms with van der Waals surface area (Å²) in [4.78, 5) is 10.7. The number of carbonyl (C=O) groups is 1. The topological polar surface area (TPSA) is 63.1 Å². The quantitative estimate of drug-likeness (QED) is 0.164. The second-order valence-electron chi connectivity index (χ2n) is 8.46. The van der Waals surface area contributed by atoms with Gasteiger partial charge < -0.3 is 5.11 Å². The van der Waals surface area contributed by atoms with Crippen molar-refractivity contribution in [3.63, 3.8) is 0 Å². The van der Waals surface area contributed by atoms with Crippen molar-refractivity contribution < 1.29 is 9.90 Å². The highest BCUT2D eigenvalue weighted by molar-refractivity contribution is 7.99. The molecule has 1 heterocycles. The van der Waals surface area contributed by atoms with E-state index in [1.165, 1.54) is 0 Å². The third kappa shape index (κ3) is 6.80. The van der Waals surface area contributed by atoms with Crippen LogP contribution in [0.2, 0.25) is 0 Å². The van der Waals surface area contributed by atoms with Crippen molar-refractivity contribution in [2.75, 3.05) is 5.75 Å². The van der Waals surface area contributed by atoms with Gasteiger partial charge in [0.1, 0.15) is 10.7 Å². The number of carboxylic acids is 1. The van der Waals surface area contributed by atoms with Crippen molar-refractivity contribution in [2.45, 2.75) is 43.6 Å². The first-order chi connectivity index (χ1) is 17.2. The zero-order valence-corrected chi connectivity index (χ0v) is 20.6. The van der Waals surface area contributed by atoms with Crippen molar-refractivity contribution in [1.82, 2.24) is 10.2 Å². The fourth-order valence-corrected chi connectivity index (χ4v) is 5.16. The van der Waals surface area contributed by atoms with E-state index in [1.807, 2.05) is 30.3 Å². The Morgan fingerprint density at radius 3 is 1.74 bits per heavy atom. The highest BCUT2D eigenvalue weighted by atomic mass is 32.2. The van der Waals surface area contributed by atoms with E-state index in [2.05, 4.69) is 60.7 Å². The van der Waals surface area contributed by atoms with Gasteiger partial charge in [-0.15, -0.1) is 22.0 Å². The number of nitrogens with zero attached hydrogens (tertiary/aromatic N) is 2. The van der Waals surface area contributed by atoms with Gasteiger partial charge in [-0.1, -0.05) is 110 Å². The molecule has 1 N–H and O–H groups in total. The number of thioether (sulfide) groups is 1. The Balaban J connectivity index is 1.64. The number of hydrogen-bond donors (Lipinski definition) is 1. The summed E-state index contributed by atoms with van der Waals surface area (Å²) in [5.74, 6) is 0.243. The Labute approximate surface area is 211 Å². The van der Waals surface area contributed by atoms with E-state index in [9.17, 15) is 4.79 Å². The average Bonchev–Trinajstić information content (AvgIpc) is 2.91. The molecule has 0 bridgehead atoms. The van der Waals surface area contributed by atoms with Crippen LogP contribution in [0, 0.1) is 0 Å². The van der Waals surface area contributed by atoms with E-state index in [-0.39, 0.29) is 6.42 Å². The minimum atomic E-state index is -0.708. The summed E-state index contributed by atoms with van der Waals surface area (Å²) < 4.78 is 0. The molecule has 4 aromatic rings. The van der Waals surface area contributed by atoms with Gasteiger partial charge in [0.05, 0.1) is 0 Å². The molecule has 0 unspecified atom stereocenters. The van der Waals surface area contributed by atoms with Crippen molar-refractivity contribution in [1.29, 1.82) is 0 Å². The SMILES string of the molecule is O=C(O)CCCCCCCSc1nnc(-c2ccccc2)c(-c2ccccc2)c1-c1ccccc1. The number of hydrogen-bond acceptors (Lipinski definition) is 4. The Morgan fingerprint density at radius 1 is 0.629 bits per heavy atom. The lowest BCUT2D eigenvalue weighted by Crippen LogP contribution is -2.00. The van der Waals surface area contributed by atoms with Gasteiger partial charge in [-0.25, -0.2) is 0 Å². The first kappa shape index (κ1) is 24.7. The molecule has 4 rings (SSSR count). The Morgan fingerprint density at radius 2 is 1.14 bits per heavy atom. The summed E-state index contributed by atoms with van der Waals surface area (Å²) >= 11 is 1.76. The van der Waals surface area contributed by atoms with Crippen molar-refractivity contribution in [3.05, 3.63) is 91.0 Å². The van der Waals surface area contributed by atoms with Crippen LogP contribution in [0.5, 0.6) is 0 Å². The van der Waals surface area contributed by atoms with Crippen LogP contribution in [0.15, 0.2) is 96.0 Å². The second kappa shape index (κ2) is 12.9. The molecule has 0 saturated carbocycles.